The lowest BCUT2D eigenvalue weighted by molar-refractivity contribution is -0.137. The van der Waals surface area contributed by atoms with E-state index >= 15 is 0 Å². The van der Waals surface area contributed by atoms with Crippen molar-refractivity contribution >= 4 is 28.1 Å². The van der Waals surface area contributed by atoms with Gasteiger partial charge >= 0.3 is 0 Å². The van der Waals surface area contributed by atoms with Crippen LogP contribution in [0, 0.1) is 6.92 Å². The Kier molecular flexibility index (Phi) is 2.45. The number of carbonyl (C=O) groups excluding carboxylic acids is 3. The zero-order chi connectivity index (χ0) is 14.7. The van der Waals surface area contributed by atoms with Crippen molar-refractivity contribution in [1.29, 1.82) is 0 Å². The third kappa shape index (κ3) is 1.49. The molecule has 2 aromatic rings. The first-order valence-corrected chi connectivity index (χ1v) is 6.51. The van der Waals surface area contributed by atoms with Gasteiger partial charge in [0.1, 0.15) is 0 Å². The van der Waals surface area contributed by atoms with E-state index in [1.807, 2.05) is 31.2 Å². The summed E-state index contributed by atoms with van der Waals surface area (Å²) in [4.78, 5) is 36.0. The molecule has 100 valence electrons. The fraction of sp³-hybridized carbons (Fsp3) is 0.235. The molecule has 0 fully saturated rings. The zero-order valence-electron chi connectivity index (χ0n) is 11.6. The van der Waals surface area contributed by atoms with Gasteiger partial charge in [-0.25, -0.2) is 0 Å². The normalized spacial score (nSPS) is 17.4. The number of ketones is 3. The molecule has 0 heterocycles. The van der Waals surface area contributed by atoms with E-state index in [0.29, 0.717) is 11.1 Å². The van der Waals surface area contributed by atoms with Crippen molar-refractivity contribution in [3.8, 4) is 0 Å². The summed E-state index contributed by atoms with van der Waals surface area (Å²) < 4.78 is 0. The highest BCUT2D eigenvalue weighted by Gasteiger charge is 2.45. The smallest absolute Gasteiger partial charge is 0.269 e. The molecule has 3 rings (SSSR count). The Morgan fingerprint density at radius 3 is 2.35 bits per heavy atom. The zero-order valence-corrected chi connectivity index (χ0v) is 11.6. The molecule has 3 heteroatoms. The van der Waals surface area contributed by atoms with Crippen molar-refractivity contribution < 1.29 is 14.4 Å². The Morgan fingerprint density at radius 1 is 0.950 bits per heavy atom. The molecule has 0 unspecified atom stereocenters. The molecule has 3 nitrogen and oxygen atoms in total. The van der Waals surface area contributed by atoms with Gasteiger partial charge in [-0.05, 0) is 54.8 Å². The second-order valence-electron chi connectivity index (χ2n) is 5.81. The van der Waals surface area contributed by atoms with E-state index in [2.05, 4.69) is 0 Å². The van der Waals surface area contributed by atoms with Crippen molar-refractivity contribution in [3.63, 3.8) is 0 Å². The van der Waals surface area contributed by atoms with Crippen LogP contribution in [0.25, 0.3) is 10.8 Å². The van der Waals surface area contributed by atoms with Crippen LogP contribution < -0.4 is 0 Å². The standard InChI is InChI=1S/C17H14O3/c1-9-5-4-6-10-7-12-13(8-11(9)10)17(2,3)16(20)15(19)14(12)18/h4-8H,1-3H3. The van der Waals surface area contributed by atoms with Gasteiger partial charge < -0.3 is 0 Å². The van der Waals surface area contributed by atoms with Gasteiger partial charge in [-0.3, -0.25) is 14.4 Å². The molecule has 0 aromatic heterocycles. The molecule has 0 N–H and O–H groups in total. The Hall–Kier alpha value is -2.29. The van der Waals surface area contributed by atoms with Crippen LogP contribution in [-0.4, -0.2) is 17.3 Å². The van der Waals surface area contributed by atoms with Crippen molar-refractivity contribution in [3.05, 3.63) is 47.0 Å². The largest absolute Gasteiger partial charge is 0.289 e. The topological polar surface area (TPSA) is 51.2 Å². The monoisotopic (exact) mass is 266 g/mol. The maximum Gasteiger partial charge on any atom is 0.269 e. The summed E-state index contributed by atoms with van der Waals surface area (Å²) in [5.74, 6) is -2.22. The van der Waals surface area contributed by atoms with Crippen LogP contribution in [0.15, 0.2) is 30.3 Å². The second-order valence-corrected chi connectivity index (χ2v) is 5.81. The van der Waals surface area contributed by atoms with Gasteiger partial charge in [0.05, 0.1) is 5.41 Å². The van der Waals surface area contributed by atoms with E-state index in [4.69, 9.17) is 0 Å². The Balaban J connectivity index is 2.44. The molecule has 20 heavy (non-hydrogen) atoms. The molecular weight excluding hydrogens is 252 g/mol. The summed E-state index contributed by atoms with van der Waals surface area (Å²) in [6, 6.07) is 9.41. The SMILES string of the molecule is Cc1cccc2cc3c(cc12)C(C)(C)C(=O)C(=O)C3=O. The van der Waals surface area contributed by atoms with E-state index in [0.717, 1.165) is 16.3 Å². The number of Topliss-reactive ketones (excluding diaryl/α,β-unsaturated/α-hetero) is 3. The van der Waals surface area contributed by atoms with Crippen LogP contribution in [-0.2, 0) is 15.0 Å². The lowest BCUT2D eigenvalue weighted by atomic mass is 9.70. The predicted molar refractivity (Wildman–Crippen MR) is 76.1 cm³/mol. The van der Waals surface area contributed by atoms with Gasteiger partial charge in [0.15, 0.2) is 0 Å². The minimum Gasteiger partial charge on any atom is -0.289 e. The number of rotatable bonds is 0. The Labute approximate surface area is 116 Å². The van der Waals surface area contributed by atoms with E-state index in [-0.39, 0.29) is 0 Å². The van der Waals surface area contributed by atoms with Gasteiger partial charge in [0.2, 0.25) is 11.6 Å². The molecule has 0 spiro atoms. The summed E-state index contributed by atoms with van der Waals surface area (Å²) in [6.45, 7) is 5.38. The molecule has 0 amide bonds. The van der Waals surface area contributed by atoms with Crippen molar-refractivity contribution in [2.24, 2.45) is 0 Å². The van der Waals surface area contributed by atoms with Gasteiger partial charge in [0, 0.05) is 5.56 Å². The minimum absolute atomic E-state index is 0.359. The van der Waals surface area contributed by atoms with Gasteiger partial charge in [0.25, 0.3) is 5.78 Å². The average Bonchev–Trinajstić information content (AvgIpc) is 2.42. The van der Waals surface area contributed by atoms with E-state index in [1.54, 1.807) is 19.9 Å². The lowest BCUT2D eigenvalue weighted by Crippen LogP contribution is -2.44. The highest BCUT2D eigenvalue weighted by atomic mass is 16.2. The van der Waals surface area contributed by atoms with Gasteiger partial charge in [-0.1, -0.05) is 18.2 Å². The fourth-order valence-electron chi connectivity index (χ4n) is 2.82. The molecule has 1 aliphatic rings. The predicted octanol–water partition coefficient (Wildman–Crippen LogP) is 2.76. The number of carbonyl (C=O) groups is 3. The van der Waals surface area contributed by atoms with Crippen molar-refractivity contribution in [1.82, 2.24) is 0 Å². The molecule has 0 saturated heterocycles. The lowest BCUT2D eigenvalue weighted by Gasteiger charge is -2.29. The molecule has 0 bridgehead atoms. The molecule has 0 aliphatic heterocycles. The van der Waals surface area contributed by atoms with Crippen LogP contribution in [0.1, 0.15) is 35.3 Å². The maximum atomic E-state index is 12.1. The van der Waals surface area contributed by atoms with Crippen LogP contribution in [0.4, 0.5) is 0 Å². The summed E-state index contributed by atoms with van der Waals surface area (Å²) in [7, 11) is 0. The number of hydrogen-bond donors (Lipinski definition) is 0. The number of benzene rings is 2. The Morgan fingerprint density at radius 2 is 1.65 bits per heavy atom. The summed E-state index contributed by atoms with van der Waals surface area (Å²) in [5.41, 5.74) is 1.14. The third-order valence-electron chi connectivity index (χ3n) is 4.13. The van der Waals surface area contributed by atoms with E-state index < -0.39 is 22.8 Å². The third-order valence-corrected chi connectivity index (χ3v) is 4.13. The summed E-state index contributed by atoms with van der Waals surface area (Å²) in [6.07, 6.45) is 0. The maximum absolute atomic E-state index is 12.1. The number of fused-ring (bicyclic) bond motifs is 2. The molecule has 1 aliphatic carbocycles. The minimum atomic E-state index is -0.948. The molecular formula is C17H14O3. The first kappa shape index (κ1) is 12.7. The van der Waals surface area contributed by atoms with Crippen molar-refractivity contribution in [2.45, 2.75) is 26.2 Å². The molecule has 2 aromatic carbocycles. The van der Waals surface area contributed by atoms with Gasteiger partial charge in [-0.15, -0.1) is 0 Å². The average molecular weight is 266 g/mol. The quantitative estimate of drug-likeness (QED) is 0.689. The number of aryl methyl sites for hydroxylation is 1. The van der Waals surface area contributed by atoms with Crippen LogP contribution >= 0.6 is 0 Å². The molecule has 0 radical (unpaired) electrons. The highest BCUT2D eigenvalue weighted by Crippen LogP contribution is 2.36. The Bertz CT molecular complexity index is 797. The fourth-order valence-corrected chi connectivity index (χ4v) is 2.82. The van der Waals surface area contributed by atoms with E-state index in [1.165, 1.54) is 0 Å². The first-order valence-electron chi connectivity index (χ1n) is 6.51. The van der Waals surface area contributed by atoms with Crippen LogP contribution in [0.3, 0.4) is 0 Å². The van der Waals surface area contributed by atoms with E-state index in [9.17, 15) is 14.4 Å². The summed E-state index contributed by atoms with van der Waals surface area (Å²) in [5, 5.41) is 1.92. The molecule has 0 saturated carbocycles. The van der Waals surface area contributed by atoms with Crippen molar-refractivity contribution in [2.75, 3.05) is 0 Å². The summed E-state index contributed by atoms with van der Waals surface area (Å²) >= 11 is 0. The number of hydrogen-bond acceptors (Lipinski definition) is 3. The van der Waals surface area contributed by atoms with Crippen LogP contribution in [0.2, 0.25) is 0 Å². The molecule has 0 atom stereocenters. The highest BCUT2D eigenvalue weighted by molar-refractivity contribution is 6.70. The van der Waals surface area contributed by atoms with Gasteiger partial charge in [-0.2, -0.15) is 0 Å². The first-order chi connectivity index (χ1) is 9.34. The van der Waals surface area contributed by atoms with Crippen LogP contribution in [0.5, 0.6) is 0 Å². The second kappa shape index (κ2) is 3.85.